The molecular formula is C10H17N5O7P3+. The Balaban J connectivity index is 2.03. The molecule has 0 radical (unpaired) electrons. The van der Waals surface area contributed by atoms with Crippen LogP contribution < -0.4 is 15.2 Å². The minimum Gasteiger partial charge on any atom is -0.481 e. The van der Waals surface area contributed by atoms with Crippen molar-refractivity contribution in [3.05, 3.63) is 0 Å². The molecule has 1 amide bonds. The molecule has 0 aliphatic heterocycles. The van der Waals surface area contributed by atoms with Crippen molar-refractivity contribution >= 4 is 42.9 Å². The third kappa shape index (κ3) is 10.9. The third-order valence-corrected chi connectivity index (χ3v) is 5.39. The summed E-state index contributed by atoms with van der Waals surface area (Å²) in [7, 11) is 0.120. The van der Waals surface area contributed by atoms with Gasteiger partial charge in [0.2, 0.25) is 5.91 Å². The zero-order chi connectivity index (χ0) is 18.5. The Morgan fingerprint density at radius 2 is 1.84 bits per heavy atom. The second-order valence-corrected chi connectivity index (χ2v) is 7.65. The second-order valence-electron chi connectivity index (χ2n) is 4.38. The Labute approximate surface area is 147 Å². The summed E-state index contributed by atoms with van der Waals surface area (Å²) < 4.78 is 22.6. The maximum atomic E-state index is 11.5. The average molecular weight is 412 g/mol. The van der Waals surface area contributed by atoms with Crippen LogP contribution in [0.1, 0.15) is 6.42 Å². The van der Waals surface area contributed by atoms with Crippen molar-refractivity contribution in [2.45, 2.75) is 12.5 Å². The highest BCUT2D eigenvalue weighted by molar-refractivity contribution is 7.50. The lowest BCUT2D eigenvalue weighted by Gasteiger charge is -2.12. The van der Waals surface area contributed by atoms with Crippen molar-refractivity contribution in [3.63, 3.8) is 0 Å². The Kier molecular flexibility index (Phi) is 11.1. The number of hydrogen-bond donors (Lipinski definition) is 4. The molecule has 1 aromatic rings. The summed E-state index contributed by atoms with van der Waals surface area (Å²) in [6, 6.07) is -1.45. The van der Waals surface area contributed by atoms with Gasteiger partial charge < -0.3 is 25.6 Å². The fourth-order valence-corrected chi connectivity index (χ4v) is 4.17. The number of carbonyl (C=O) groups is 3. The molecule has 1 rings (SSSR count). The van der Waals surface area contributed by atoms with Gasteiger partial charge in [-0.25, -0.2) is 9.32 Å². The first kappa shape index (κ1) is 21.6. The molecule has 0 saturated heterocycles. The molecule has 25 heavy (non-hydrogen) atoms. The predicted molar refractivity (Wildman–Crippen MR) is 88.9 cm³/mol. The molecule has 1 atom stereocenters. The van der Waals surface area contributed by atoms with Crippen LogP contribution in [0.4, 0.5) is 0 Å². The first-order chi connectivity index (χ1) is 12.0. The van der Waals surface area contributed by atoms with Crippen LogP contribution in [0, 0.1) is 0 Å². The molecule has 0 bridgehead atoms. The quantitative estimate of drug-likeness (QED) is 0.304. The minimum absolute atomic E-state index is 0.145. The molecule has 12 nitrogen and oxygen atoms in total. The highest BCUT2D eigenvalue weighted by Crippen LogP contribution is 2.17. The fraction of sp³-hybridized carbons (Fsp3) is 0.700. The van der Waals surface area contributed by atoms with Crippen molar-refractivity contribution in [2.75, 3.05) is 32.9 Å². The number of nitrogens with zero attached hydrogens (tertiary/aromatic N) is 3. The van der Waals surface area contributed by atoms with Crippen molar-refractivity contribution in [1.82, 2.24) is 24.2 Å². The highest BCUT2D eigenvalue weighted by Gasteiger charge is 2.22. The van der Waals surface area contributed by atoms with Crippen molar-refractivity contribution in [3.8, 4) is 0 Å². The van der Waals surface area contributed by atoms with E-state index in [-0.39, 0.29) is 6.54 Å². The normalized spacial score (nSPS) is 13.0. The number of nitrogens with one attached hydrogen (secondary N) is 2. The van der Waals surface area contributed by atoms with E-state index in [1.54, 1.807) is 0 Å². The van der Waals surface area contributed by atoms with E-state index in [0.29, 0.717) is 43.4 Å². The number of rotatable bonds is 13. The smallest absolute Gasteiger partial charge is 0.353 e. The van der Waals surface area contributed by atoms with Gasteiger partial charge in [0.05, 0.1) is 32.8 Å². The van der Waals surface area contributed by atoms with E-state index >= 15 is 0 Å². The number of ether oxygens (including phenoxy) is 1. The zero-order valence-electron chi connectivity index (χ0n) is 12.9. The van der Waals surface area contributed by atoms with Crippen LogP contribution in [0.2, 0.25) is 0 Å². The summed E-state index contributed by atoms with van der Waals surface area (Å²) in [5, 5.41) is 22.3. The maximum Gasteiger partial charge on any atom is 0.353 e. The molecule has 4 N–H and O–H groups in total. The van der Waals surface area contributed by atoms with Gasteiger partial charge >= 0.3 is 37.0 Å². The van der Waals surface area contributed by atoms with Gasteiger partial charge in [-0.15, -0.1) is 0 Å². The molecule has 1 heterocycles. The van der Waals surface area contributed by atoms with E-state index in [1.165, 1.54) is 0 Å². The molecule has 1 aromatic heterocycles. The summed E-state index contributed by atoms with van der Waals surface area (Å²) in [4.78, 5) is 32.9. The van der Waals surface area contributed by atoms with Gasteiger partial charge in [0.1, 0.15) is 6.04 Å². The number of amides is 1. The van der Waals surface area contributed by atoms with Crippen LogP contribution in [0.25, 0.3) is 0 Å². The van der Waals surface area contributed by atoms with E-state index in [9.17, 15) is 14.4 Å². The van der Waals surface area contributed by atoms with E-state index in [0.717, 1.165) is 0 Å². The van der Waals surface area contributed by atoms with Gasteiger partial charge in [0.15, 0.2) is 0 Å². The number of hydrogen-bond acceptors (Lipinski definition) is 9. The van der Waals surface area contributed by atoms with Gasteiger partial charge in [-0.1, -0.05) is 0 Å². The first-order valence-corrected chi connectivity index (χ1v) is 9.72. The zero-order valence-corrected chi connectivity index (χ0v) is 15.6. The standard InChI is InChI=1S/C10H16N5O7P3/c16-8(12-7(10(19)20)5-9(17)18)6-11-1-2-21-3-4-22-25-14-23-13-24-15-25/h7,11H,1-6H2,(H2-,12,16,17,18,19,20)/p+1/t7-/m0/s1. The SMILES string of the molecule is O=C(O)C[C@H](NC(=O)CNCCOCCO[p+]1npnpn1)C(=O)O. The fourth-order valence-electron chi connectivity index (χ4n) is 1.44. The Hall–Kier alpha value is -1.41. The lowest BCUT2D eigenvalue weighted by atomic mass is 10.2. The molecule has 0 aliphatic rings. The van der Waals surface area contributed by atoms with Gasteiger partial charge in [-0.05, 0) is 13.5 Å². The van der Waals surface area contributed by atoms with Crippen LogP contribution in [0.15, 0.2) is 0 Å². The summed E-state index contributed by atoms with van der Waals surface area (Å²) in [6.07, 6.45) is -0.682. The average Bonchev–Trinajstić information content (AvgIpc) is 2.57. The third-order valence-electron chi connectivity index (χ3n) is 2.47. The van der Waals surface area contributed by atoms with Gasteiger partial charge in [0, 0.05) is 6.54 Å². The largest absolute Gasteiger partial charge is 0.481 e. The molecule has 0 aromatic carbocycles. The molecule has 0 unspecified atom stereocenters. The summed E-state index contributed by atoms with van der Waals surface area (Å²) in [5.74, 6) is -3.31. The molecule has 0 saturated carbocycles. The van der Waals surface area contributed by atoms with Crippen molar-refractivity contribution < 1.29 is 33.9 Å². The number of aliphatic carboxylic acids is 2. The molecule has 0 aliphatic carbocycles. The predicted octanol–water partition coefficient (Wildman–Crippen LogP) is -0.622. The molecular weight excluding hydrogens is 395 g/mol. The van der Waals surface area contributed by atoms with Crippen LogP contribution in [-0.2, 0) is 19.1 Å². The Morgan fingerprint density at radius 1 is 1.12 bits per heavy atom. The summed E-state index contributed by atoms with van der Waals surface area (Å²) >= 11 is 0. The molecule has 138 valence electrons. The van der Waals surface area contributed by atoms with Crippen molar-refractivity contribution in [1.29, 1.82) is 0 Å². The van der Waals surface area contributed by atoms with E-state index in [4.69, 9.17) is 19.5 Å². The number of carboxylic acid groups (broad SMARTS) is 2. The molecule has 0 fully saturated rings. The van der Waals surface area contributed by atoms with Crippen molar-refractivity contribution in [2.24, 2.45) is 0 Å². The highest BCUT2D eigenvalue weighted by atomic mass is 31.2. The maximum absolute atomic E-state index is 11.5. The van der Waals surface area contributed by atoms with Crippen LogP contribution in [-0.4, -0.2) is 80.5 Å². The lowest BCUT2D eigenvalue weighted by Crippen LogP contribution is -2.46. The van der Waals surface area contributed by atoms with Crippen LogP contribution in [0.3, 0.4) is 0 Å². The van der Waals surface area contributed by atoms with E-state index in [2.05, 4.69) is 24.2 Å². The lowest BCUT2D eigenvalue weighted by molar-refractivity contribution is -0.147. The van der Waals surface area contributed by atoms with E-state index in [1.807, 2.05) is 0 Å². The van der Waals surface area contributed by atoms with Gasteiger partial charge in [-0.2, -0.15) is 0 Å². The topological polar surface area (TPSA) is 173 Å². The second kappa shape index (κ2) is 12.9. The van der Waals surface area contributed by atoms with Crippen LogP contribution >= 0.6 is 25.1 Å². The van der Waals surface area contributed by atoms with Gasteiger partial charge in [0.25, 0.3) is 0 Å². The first-order valence-electron chi connectivity index (χ1n) is 6.96. The number of carboxylic acids is 2. The Bertz CT molecular complexity index is 567. The molecule has 0 spiro atoms. The van der Waals surface area contributed by atoms with E-state index < -0.39 is 38.4 Å². The number of aromatic nitrogens is 3. The van der Waals surface area contributed by atoms with Crippen LogP contribution in [0.5, 0.6) is 0 Å². The molecule has 15 heteroatoms. The number of carbonyl (C=O) groups excluding carboxylic acids is 1. The van der Waals surface area contributed by atoms with Gasteiger partial charge in [-0.3, -0.25) is 9.59 Å². The summed E-state index contributed by atoms with van der Waals surface area (Å²) in [5.41, 5.74) is 0. The summed E-state index contributed by atoms with van der Waals surface area (Å²) in [6.45, 7) is 1.24. The Morgan fingerprint density at radius 3 is 2.48 bits per heavy atom. The monoisotopic (exact) mass is 412 g/mol. The minimum atomic E-state index is -1.45.